The van der Waals surface area contributed by atoms with Crippen LogP contribution in [-0.2, 0) is 32.6 Å². The molecule has 4 rings (SSSR count). The SMILES string of the molecule is CC[C@H](C)NC(=O)[C@@H](Cc1ccccc1)N(Cc1cccc(Cl)c1)C(=O)CN(c1ccccc1)S(=O)(=O)c1ccc(F)cc1. The fourth-order valence-corrected chi connectivity index (χ4v) is 6.31. The first-order valence-corrected chi connectivity index (χ1v) is 16.1. The van der Waals surface area contributed by atoms with Crippen LogP contribution in [0.2, 0.25) is 5.02 Å². The molecule has 0 aliphatic rings. The van der Waals surface area contributed by atoms with E-state index in [2.05, 4.69) is 5.32 Å². The van der Waals surface area contributed by atoms with Crippen LogP contribution >= 0.6 is 11.6 Å². The number of benzene rings is 4. The highest BCUT2D eigenvalue weighted by molar-refractivity contribution is 7.92. The van der Waals surface area contributed by atoms with Crippen LogP contribution in [0.5, 0.6) is 0 Å². The van der Waals surface area contributed by atoms with Crippen molar-refractivity contribution < 1.29 is 22.4 Å². The molecule has 0 radical (unpaired) electrons. The van der Waals surface area contributed by atoms with Gasteiger partial charge in [0.15, 0.2) is 0 Å². The molecule has 0 heterocycles. The van der Waals surface area contributed by atoms with E-state index in [1.165, 1.54) is 4.90 Å². The van der Waals surface area contributed by atoms with E-state index in [-0.39, 0.29) is 35.5 Å². The van der Waals surface area contributed by atoms with Gasteiger partial charge in [-0.3, -0.25) is 13.9 Å². The first-order valence-electron chi connectivity index (χ1n) is 14.3. The average Bonchev–Trinajstić information content (AvgIpc) is 3.02. The number of sulfonamides is 1. The molecule has 0 bridgehead atoms. The summed E-state index contributed by atoms with van der Waals surface area (Å²) in [6, 6.07) is 27.8. The number of anilines is 1. The van der Waals surface area contributed by atoms with Crippen LogP contribution in [0.3, 0.4) is 0 Å². The van der Waals surface area contributed by atoms with E-state index >= 15 is 0 Å². The highest BCUT2D eigenvalue weighted by atomic mass is 35.5. The quantitative estimate of drug-likeness (QED) is 0.189. The molecule has 0 aliphatic carbocycles. The van der Waals surface area contributed by atoms with Gasteiger partial charge in [-0.2, -0.15) is 0 Å². The molecule has 10 heteroatoms. The maximum absolute atomic E-state index is 14.4. The van der Waals surface area contributed by atoms with Crippen molar-refractivity contribution in [2.45, 2.75) is 50.2 Å². The number of carbonyl (C=O) groups is 2. The highest BCUT2D eigenvalue weighted by Crippen LogP contribution is 2.25. The third-order valence-corrected chi connectivity index (χ3v) is 9.26. The van der Waals surface area contributed by atoms with Crippen LogP contribution < -0.4 is 9.62 Å². The lowest BCUT2D eigenvalue weighted by molar-refractivity contribution is -0.140. The average molecular weight is 636 g/mol. The molecule has 0 saturated carbocycles. The predicted molar refractivity (Wildman–Crippen MR) is 171 cm³/mol. The summed E-state index contributed by atoms with van der Waals surface area (Å²) in [6.07, 6.45) is 0.884. The number of nitrogens with one attached hydrogen (secondary N) is 1. The highest BCUT2D eigenvalue weighted by Gasteiger charge is 2.35. The Labute approximate surface area is 263 Å². The summed E-state index contributed by atoms with van der Waals surface area (Å²) < 4.78 is 42.5. The number of rotatable bonds is 13. The zero-order valence-corrected chi connectivity index (χ0v) is 26.1. The number of carbonyl (C=O) groups excluding carboxylic acids is 2. The molecule has 44 heavy (non-hydrogen) atoms. The summed E-state index contributed by atoms with van der Waals surface area (Å²) in [4.78, 5) is 29.4. The lowest BCUT2D eigenvalue weighted by Crippen LogP contribution is -2.54. The van der Waals surface area contributed by atoms with Crippen LogP contribution in [0.25, 0.3) is 0 Å². The smallest absolute Gasteiger partial charge is 0.264 e. The van der Waals surface area contributed by atoms with Gasteiger partial charge in [-0.1, -0.05) is 79.2 Å². The lowest BCUT2D eigenvalue weighted by atomic mass is 10.0. The van der Waals surface area contributed by atoms with Gasteiger partial charge >= 0.3 is 0 Å². The van der Waals surface area contributed by atoms with Gasteiger partial charge in [0, 0.05) is 24.0 Å². The largest absolute Gasteiger partial charge is 0.352 e. The Bertz CT molecular complexity index is 1660. The number of nitrogens with zero attached hydrogens (tertiary/aromatic N) is 2. The summed E-state index contributed by atoms with van der Waals surface area (Å²) in [5.74, 6) is -1.54. The van der Waals surface area contributed by atoms with E-state index in [1.807, 2.05) is 44.2 Å². The van der Waals surface area contributed by atoms with Crippen molar-refractivity contribution in [3.05, 3.63) is 131 Å². The zero-order chi connectivity index (χ0) is 31.7. The molecule has 0 saturated heterocycles. The number of amides is 2. The third-order valence-electron chi connectivity index (χ3n) is 7.24. The second-order valence-corrected chi connectivity index (χ2v) is 12.8. The van der Waals surface area contributed by atoms with Gasteiger partial charge < -0.3 is 10.2 Å². The Kier molecular flexibility index (Phi) is 11.1. The van der Waals surface area contributed by atoms with Crippen LogP contribution in [0.1, 0.15) is 31.4 Å². The molecule has 2 amide bonds. The standard InChI is InChI=1S/C34H35ClFN3O4S/c1-3-25(2)37-34(41)32(22-26-11-6-4-7-12-26)38(23-27-13-10-14-28(35)21-27)33(40)24-39(30-15-8-5-9-16-30)44(42,43)31-19-17-29(36)18-20-31/h4-21,25,32H,3,22-24H2,1-2H3,(H,37,41)/t25-,32+/m0/s1. The minimum Gasteiger partial charge on any atom is -0.352 e. The summed E-state index contributed by atoms with van der Waals surface area (Å²) in [5, 5.41) is 3.46. The predicted octanol–water partition coefficient (Wildman–Crippen LogP) is 6.23. The fourth-order valence-electron chi connectivity index (χ4n) is 4.68. The van der Waals surface area contributed by atoms with E-state index in [9.17, 15) is 22.4 Å². The minimum atomic E-state index is -4.31. The van der Waals surface area contributed by atoms with Crippen molar-refractivity contribution >= 4 is 39.1 Å². The number of hydrogen-bond acceptors (Lipinski definition) is 4. The molecule has 4 aromatic carbocycles. The Morgan fingerprint density at radius 1 is 0.864 bits per heavy atom. The molecule has 230 valence electrons. The van der Waals surface area contributed by atoms with Crippen LogP contribution in [0.4, 0.5) is 10.1 Å². The van der Waals surface area contributed by atoms with Crippen LogP contribution in [0.15, 0.2) is 114 Å². The van der Waals surface area contributed by atoms with Gasteiger partial charge in [0.2, 0.25) is 11.8 Å². The van der Waals surface area contributed by atoms with Crippen molar-refractivity contribution in [2.75, 3.05) is 10.8 Å². The lowest BCUT2D eigenvalue weighted by Gasteiger charge is -2.34. The van der Waals surface area contributed by atoms with E-state index in [1.54, 1.807) is 54.6 Å². The second kappa shape index (κ2) is 15.0. The molecule has 0 spiro atoms. The Hall–Kier alpha value is -4.21. The molecule has 4 aromatic rings. The summed E-state index contributed by atoms with van der Waals surface area (Å²) in [6.45, 7) is 3.23. The van der Waals surface area contributed by atoms with Crippen LogP contribution in [0, 0.1) is 5.82 Å². The van der Waals surface area contributed by atoms with Crippen LogP contribution in [-0.4, -0.2) is 43.8 Å². The monoisotopic (exact) mass is 635 g/mol. The van der Waals surface area contributed by atoms with Gasteiger partial charge in [0.05, 0.1) is 10.6 Å². The molecule has 0 aromatic heterocycles. The molecular formula is C34H35ClFN3O4S. The van der Waals surface area contributed by atoms with E-state index < -0.39 is 34.3 Å². The molecule has 2 atom stereocenters. The van der Waals surface area contributed by atoms with Gasteiger partial charge in [-0.15, -0.1) is 0 Å². The van der Waals surface area contributed by atoms with Gasteiger partial charge in [-0.05, 0) is 73.0 Å². The molecule has 0 unspecified atom stereocenters. The van der Waals surface area contributed by atoms with E-state index in [0.29, 0.717) is 17.0 Å². The Balaban J connectivity index is 1.79. The normalized spacial score (nSPS) is 12.6. The molecule has 1 N–H and O–H groups in total. The summed E-state index contributed by atoms with van der Waals surface area (Å²) >= 11 is 6.27. The van der Waals surface area contributed by atoms with Crippen molar-refractivity contribution in [3.8, 4) is 0 Å². The van der Waals surface area contributed by atoms with Crippen molar-refractivity contribution in [3.63, 3.8) is 0 Å². The molecule has 0 fully saturated rings. The first-order chi connectivity index (χ1) is 21.1. The van der Waals surface area contributed by atoms with Gasteiger partial charge in [0.1, 0.15) is 18.4 Å². The van der Waals surface area contributed by atoms with E-state index in [0.717, 1.165) is 34.1 Å². The number of para-hydroxylation sites is 1. The molecule has 7 nitrogen and oxygen atoms in total. The Morgan fingerprint density at radius 2 is 1.48 bits per heavy atom. The Morgan fingerprint density at radius 3 is 2.09 bits per heavy atom. The summed E-state index contributed by atoms with van der Waals surface area (Å²) in [5.41, 5.74) is 1.75. The maximum Gasteiger partial charge on any atom is 0.264 e. The zero-order valence-electron chi connectivity index (χ0n) is 24.6. The molecule has 0 aliphatic heterocycles. The third kappa shape index (κ3) is 8.45. The van der Waals surface area contributed by atoms with Crippen molar-refractivity contribution in [2.24, 2.45) is 0 Å². The van der Waals surface area contributed by atoms with Gasteiger partial charge in [0.25, 0.3) is 10.0 Å². The number of halogens is 2. The van der Waals surface area contributed by atoms with Gasteiger partial charge in [-0.25, -0.2) is 12.8 Å². The minimum absolute atomic E-state index is 0.00401. The van der Waals surface area contributed by atoms with E-state index in [4.69, 9.17) is 11.6 Å². The van der Waals surface area contributed by atoms with Crippen molar-refractivity contribution in [1.82, 2.24) is 10.2 Å². The number of hydrogen-bond donors (Lipinski definition) is 1. The van der Waals surface area contributed by atoms with Crippen molar-refractivity contribution in [1.29, 1.82) is 0 Å². The summed E-state index contributed by atoms with van der Waals surface area (Å²) in [7, 11) is -4.31. The second-order valence-electron chi connectivity index (χ2n) is 10.5. The first kappa shape index (κ1) is 32.7. The topological polar surface area (TPSA) is 86.8 Å². The fraction of sp³-hybridized carbons (Fsp3) is 0.235. The maximum atomic E-state index is 14.4. The molecular weight excluding hydrogens is 601 g/mol.